The first-order chi connectivity index (χ1) is 15.3. The molecular weight excluding hydrogens is 428 g/mol. The van der Waals surface area contributed by atoms with E-state index in [2.05, 4.69) is 53.5 Å². The van der Waals surface area contributed by atoms with Crippen molar-refractivity contribution in [3.05, 3.63) is 46.8 Å². The van der Waals surface area contributed by atoms with Crippen LogP contribution in [0.1, 0.15) is 49.3 Å². The first kappa shape index (κ1) is 24.4. The van der Waals surface area contributed by atoms with Gasteiger partial charge in [-0.15, -0.1) is 0 Å². The molecule has 0 unspecified atom stereocenters. The Bertz CT molecular complexity index is 986. The first-order valence-corrected chi connectivity index (χ1v) is 12.7. The van der Waals surface area contributed by atoms with Gasteiger partial charge in [-0.25, -0.2) is 8.42 Å². The van der Waals surface area contributed by atoms with E-state index >= 15 is 0 Å². The Morgan fingerprint density at radius 3 is 2.25 bits per heavy atom. The molecule has 9 heteroatoms. The van der Waals surface area contributed by atoms with Crippen LogP contribution in [0.5, 0.6) is 0 Å². The molecule has 1 amide bonds. The van der Waals surface area contributed by atoms with E-state index in [0.29, 0.717) is 43.9 Å². The highest BCUT2D eigenvalue weighted by Gasteiger charge is 2.35. The average molecular weight is 463 g/mol. The minimum Gasteiger partial charge on any atom is -0.360 e. The molecule has 1 aromatic heterocycles. The molecule has 1 fully saturated rings. The summed E-state index contributed by atoms with van der Waals surface area (Å²) in [7, 11) is -3.66. The van der Waals surface area contributed by atoms with Gasteiger partial charge in [0.1, 0.15) is 10.6 Å². The van der Waals surface area contributed by atoms with E-state index in [1.54, 1.807) is 13.8 Å². The van der Waals surface area contributed by atoms with Gasteiger partial charge in [0.15, 0.2) is 5.76 Å². The zero-order valence-corrected chi connectivity index (χ0v) is 20.2. The summed E-state index contributed by atoms with van der Waals surface area (Å²) < 4.78 is 32.3. The van der Waals surface area contributed by atoms with Crippen molar-refractivity contribution in [3.63, 3.8) is 0 Å². The lowest BCUT2D eigenvalue weighted by atomic mass is 9.97. The third-order valence-corrected chi connectivity index (χ3v) is 8.32. The highest BCUT2D eigenvalue weighted by Crippen LogP contribution is 2.27. The van der Waals surface area contributed by atoms with E-state index in [-0.39, 0.29) is 16.7 Å². The first-order valence-electron chi connectivity index (χ1n) is 11.3. The molecule has 0 bridgehead atoms. The molecule has 1 aromatic carbocycles. The fourth-order valence-electron chi connectivity index (χ4n) is 4.13. The number of benzene rings is 1. The van der Waals surface area contributed by atoms with E-state index in [1.807, 2.05) is 0 Å². The number of nitrogens with zero attached hydrogens (tertiary/aromatic N) is 3. The molecular formula is C23H34N4O4S. The van der Waals surface area contributed by atoms with E-state index in [1.165, 1.54) is 9.87 Å². The van der Waals surface area contributed by atoms with Crippen LogP contribution in [0.3, 0.4) is 0 Å². The van der Waals surface area contributed by atoms with E-state index in [4.69, 9.17) is 4.52 Å². The lowest BCUT2D eigenvalue weighted by Gasteiger charge is -2.30. The monoisotopic (exact) mass is 462 g/mol. The molecule has 1 aliphatic heterocycles. The molecule has 2 heterocycles. The molecule has 0 saturated carbocycles. The van der Waals surface area contributed by atoms with E-state index in [9.17, 15) is 13.2 Å². The Balaban J connectivity index is 1.50. The van der Waals surface area contributed by atoms with Gasteiger partial charge in [0.2, 0.25) is 15.9 Å². The summed E-state index contributed by atoms with van der Waals surface area (Å²) in [6.07, 6.45) is 0.995. The van der Waals surface area contributed by atoms with E-state index in [0.717, 1.165) is 25.2 Å². The maximum Gasteiger partial charge on any atom is 0.248 e. The number of amides is 1. The smallest absolute Gasteiger partial charge is 0.248 e. The SMILES string of the molecule is CCN(CC)Cc1ccc(CNC(=O)C2CCN(S(=O)(=O)c3c(C)noc3C)CC2)cc1. The Kier molecular flexibility index (Phi) is 8.08. The van der Waals surface area contributed by atoms with Crippen LogP contribution >= 0.6 is 0 Å². The van der Waals surface area contributed by atoms with Crippen molar-refractivity contribution in [1.82, 2.24) is 19.7 Å². The molecule has 176 valence electrons. The van der Waals surface area contributed by atoms with Gasteiger partial charge in [-0.05, 0) is 50.9 Å². The normalized spacial score (nSPS) is 15.9. The number of rotatable bonds is 9. The quantitative estimate of drug-likeness (QED) is 0.616. The third kappa shape index (κ3) is 5.57. The van der Waals surface area contributed by atoms with Gasteiger partial charge in [0.05, 0.1) is 0 Å². The highest BCUT2D eigenvalue weighted by molar-refractivity contribution is 7.89. The summed E-state index contributed by atoms with van der Waals surface area (Å²) in [5.74, 6) is 0.0881. The molecule has 3 rings (SSSR count). The molecule has 8 nitrogen and oxygen atoms in total. The summed E-state index contributed by atoms with van der Waals surface area (Å²) >= 11 is 0. The maximum atomic E-state index is 12.9. The lowest BCUT2D eigenvalue weighted by Crippen LogP contribution is -2.43. The van der Waals surface area contributed by atoms with Crippen LogP contribution in [-0.4, -0.2) is 54.9 Å². The van der Waals surface area contributed by atoms with Crippen LogP contribution in [0.25, 0.3) is 0 Å². The molecule has 1 aliphatic rings. The predicted octanol–water partition coefficient (Wildman–Crippen LogP) is 2.85. The maximum absolute atomic E-state index is 12.9. The number of piperidine rings is 1. The standard InChI is InChI=1S/C23H34N4O4S/c1-5-26(6-2)16-20-9-7-19(8-10-20)15-24-23(28)21-11-13-27(14-12-21)32(29,30)22-17(3)25-31-18(22)4/h7-10,21H,5-6,11-16H2,1-4H3,(H,24,28). The second kappa shape index (κ2) is 10.6. The van der Waals surface area contributed by atoms with Crippen LogP contribution in [0.4, 0.5) is 0 Å². The molecule has 0 aliphatic carbocycles. The van der Waals surface area contributed by atoms with Crippen LogP contribution in [0.2, 0.25) is 0 Å². The number of aromatic nitrogens is 1. The van der Waals surface area contributed by atoms with Crippen molar-refractivity contribution in [2.24, 2.45) is 5.92 Å². The topological polar surface area (TPSA) is 95.8 Å². The number of hydrogen-bond acceptors (Lipinski definition) is 6. The average Bonchev–Trinajstić information content (AvgIpc) is 3.15. The lowest BCUT2D eigenvalue weighted by molar-refractivity contribution is -0.126. The fraction of sp³-hybridized carbons (Fsp3) is 0.565. The highest BCUT2D eigenvalue weighted by atomic mass is 32.2. The zero-order valence-electron chi connectivity index (χ0n) is 19.4. The van der Waals surface area contributed by atoms with Crippen molar-refractivity contribution in [2.75, 3.05) is 26.2 Å². The minimum atomic E-state index is -3.66. The van der Waals surface area contributed by atoms with Gasteiger partial charge in [-0.3, -0.25) is 9.69 Å². The van der Waals surface area contributed by atoms with Crippen LogP contribution < -0.4 is 5.32 Å². The molecule has 1 N–H and O–H groups in total. The fourth-order valence-corrected chi connectivity index (χ4v) is 5.89. The van der Waals surface area contributed by atoms with Gasteiger partial charge in [-0.1, -0.05) is 43.3 Å². The minimum absolute atomic E-state index is 0.0217. The van der Waals surface area contributed by atoms with Gasteiger partial charge in [0.25, 0.3) is 0 Å². The largest absolute Gasteiger partial charge is 0.360 e. The van der Waals surface area contributed by atoms with Crippen molar-refractivity contribution in [3.8, 4) is 0 Å². The Hall–Kier alpha value is -2.23. The summed E-state index contributed by atoms with van der Waals surface area (Å²) in [5, 5.41) is 6.76. The number of sulfonamides is 1. The van der Waals surface area contributed by atoms with Crippen LogP contribution in [0.15, 0.2) is 33.7 Å². The molecule has 0 radical (unpaired) electrons. The second-order valence-electron chi connectivity index (χ2n) is 8.33. The third-order valence-electron chi connectivity index (χ3n) is 6.18. The summed E-state index contributed by atoms with van der Waals surface area (Å²) in [6.45, 7) is 11.6. The molecule has 0 atom stereocenters. The summed E-state index contributed by atoms with van der Waals surface area (Å²) in [4.78, 5) is 15.1. The molecule has 0 spiro atoms. The van der Waals surface area contributed by atoms with Gasteiger partial charge in [-0.2, -0.15) is 4.31 Å². The zero-order chi connectivity index (χ0) is 23.3. The Labute approximate surface area is 191 Å². The van der Waals surface area contributed by atoms with Gasteiger partial charge in [0, 0.05) is 32.1 Å². The second-order valence-corrected chi connectivity index (χ2v) is 10.2. The molecule has 1 saturated heterocycles. The molecule has 2 aromatic rings. The van der Waals surface area contributed by atoms with Crippen molar-refractivity contribution < 1.29 is 17.7 Å². The Morgan fingerprint density at radius 1 is 1.12 bits per heavy atom. The predicted molar refractivity (Wildman–Crippen MR) is 122 cm³/mol. The summed E-state index contributed by atoms with van der Waals surface area (Å²) in [5.41, 5.74) is 2.68. The van der Waals surface area contributed by atoms with Crippen molar-refractivity contribution >= 4 is 15.9 Å². The van der Waals surface area contributed by atoms with Gasteiger partial charge >= 0.3 is 0 Å². The number of aryl methyl sites for hydroxylation is 2. The number of nitrogens with one attached hydrogen (secondary N) is 1. The summed E-state index contributed by atoms with van der Waals surface area (Å²) in [6, 6.07) is 8.32. The van der Waals surface area contributed by atoms with Crippen LogP contribution in [0, 0.1) is 19.8 Å². The Morgan fingerprint density at radius 2 is 1.72 bits per heavy atom. The number of carbonyl (C=O) groups excluding carboxylic acids is 1. The van der Waals surface area contributed by atoms with Crippen molar-refractivity contribution in [2.45, 2.75) is 58.5 Å². The van der Waals surface area contributed by atoms with Crippen molar-refractivity contribution in [1.29, 1.82) is 0 Å². The van der Waals surface area contributed by atoms with Gasteiger partial charge < -0.3 is 9.84 Å². The number of hydrogen-bond donors (Lipinski definition) is 1. The molecule has 32 heavy (non-hydrogen) atoms. The van der Waals surface area contributed by atoms with Crippen LogP contribution in [-0.2, 0) is 27.9 Å². The number of carbonyl (C=O) groups is 1. The van der Waals surface area contributed by atoms with E-state index < -0.39 is 10.0 Å².